The Morgan fingerprint density at radius 1 is 0.964 bits per heavy atom. The van der Waals surface area contributed by atoms with Crippen molar-refractivity contribution in [1.29, 1.82) is 0 Å². The number of ether oxygens (including phenoxy) is 1. The lowest BCUT2D eigenvalue weighted by atomic mass is 10.2. The van der Waals surface area contributed by atoms with Crippen LogP contribution in [0.4, 0.5) is 0 Å². The highest BCUT2D eigenvalue weighted by Crippen LogP contribution is 2.24. The van der Waals surface area contributed by atoms with E-state index in [9.17, 15) is 4.79 Å². The van der Waals surface area contributed by atoms with E-state index in [0.29, 0.717) is 17.9 Å². The summed E-state index contributed by atoms with van der Waals surface area (Å²) in [5.41, 5.74) is 1.72. The molecule has 1 aliphatic heterocycles. The molecule has 2 heterocycles. The van der Waals surface area contributed by atoms with Gasteiger partial charge in [-0.15, -0.1) is 10.2 Å². The van der Waals surface area contributed by atoms with Crippen molar-refractivity contribution >= 4 is 17.5 Å². The molecule has 6 nitrogen and oxygen atoms in total. The first-order chi connectivity index (χ1) is 13.8. The second kappa shape index (κ2) is 9.14. The van der Waals surface area contributed by atoms with E-state index in [1.165, 1.54) is 11.8 Å². The Morgan fingerprint density at radius 3 is 2.36 bits per heavy atom. The normalized spacial score (nSPS) is 14.9. The molecule has 2 aromatic carbocycles. The molecular weight excluding hydrogens is 372 g/mol. The van der Waals surface area contributed by atoms with Crippen molar-refractivity contribution in [3.8, 4) is 5.69 Å². The van der Waals surface area contributed by atoms with Crippen molar-refractivity contribution in [3.05, 3.63) is 72.1 Å². The number of ketones is 1. The van der Waals surface area contributed by atoms with Crippen LogP contribution >= 0.6 is 11.8 Å². The highest BCUT2D eigenvalue weighted by atomic mass is 32.2. The number of rotatable bonds is 7. The summed E-state index contributed by atoms with van der Waals surface area (Å²) in [5.74, 6) is 1.29. The number of carbonyl (C=O) groups excluding carboxylic acids is 1. The average molecular weight is 394 g/mol. The number of carbonyl (C=O) groups is 1. The van der Waals surface area contributed by atoms with E-state index in [2.05, 4.69) is 19.7 Å². The Morgan fingerprint density at radius 2 is 1.64 bits per heavy atom. The van der Waals surface area contributed by atoms with E-state index in [-0.39, 0.29) is 5.78 Å². The molecule has 0 bridgehead atoms. The van der Waals surface area contributed by atoms with Gasteiger partial charge in [0.2, 0.25) is 0 Å². The first kappa shape index (κ1) is 18.9. The Balaban J connectivity index is 1.55. The van der Waals surface area contributed by atoms with E-state index in [1.807, 2.05) is 60.7 Å². The zero-order chi connectivity index (χ0) is 19.2. The first-order valence-electron chi connectivity index (χ1n) is 9.32. The topological polar surface area (TPSA) is 60.3 Å². The third-order valence-corrected chi connectivity index (χ3v) is 5.54. The average Bonchev–Trinajstić information content (AvgIpc) is 3.16. The number of benzene rings is 2. The predicted octanol–water partition coefficient (Wildman–Crippen LogP) is 3.07. The number of hydrogen-bond acceptors (Lipinski definition) is 6. The van der Waals surface area contributed by atoms with Crippen molar-refractivity contribution in [2.75, 3.05) is 32.1 Å². The van der Waals surface area contributed by atoms with Crippen molar-refractivity contribution in [1.82, 2.24) is 19.7 Å². The lowest BCUT2D eigenvalue weighted by Crippen LogP contribution is -2.36. The SMILES string of the molecule is O=C(CSc1nnc(CN2CCOCC2)n1-c1ccccc1)c1ccccc1. The quantitative estimate of drug-likeness (QED) is 0.453. The van der Waals surface area contributed by atoms with Gasteiger partial charge in [-0.1, -0.05) is 60.3 Å². The number of Topliss-reactive ketones (excluding diaryl/α,β-unsaturated/α-hetero) is 1. The number of para-hydroxylation sites is 1. The van der Waals surface area contributed by atoms with Gasteiger partial charge >= 0.3 is 0 Å². The van der Waals surface area contributed by atoms with Crippen molar-refractivity contribution in [3.63, 3.8) is 0 Å². The third-order valence-electron chi connectivity index (χ3n) is 4.61. The monoisotopic (exact) mass is 394 g/mol. The van der Waals surface area contributed by atoms with Gasteiger partial charge in [-0.2, -0.15) is 0 Å². The largest absolute Gasteiger partial charge is 0.379 e. The van der Waals surface area contributed by atoms with Crippen LogP contribution < -0.4 is 0 Å². The van der Waals surface area contributed by atoms with Crippen LogP contribution in [0.2, 0.25) is 0 Å². The molecule has 0 unspecified atom stereocenters. The molecule has 0 saturated carbocycles. The fraction of sp³-hybridized carbons (Fsp3) is 0.286. The zero-order valence-corrected chi connectivity index (χ0v) is 16.3. The maximum Gasteiger partial charge on any atom is 0.196 e. The molecule has 0 N–H and O–H groups in total. The molecule has 3 aromatic rings. The summed E-state index contributed by atoms with van der Waals surface area (Å²) in [6, 6.07) is 19.4. The Labute approximate surface area is 168 Å². The van der Waals surface area contributed by atoms with Crippen LogP contribution in [-0.4, -0.2) is 57.5 Å². The van der Waals surface area contributed by atoms with E-state index in [0.717, 1.165) is 43.0 Å². The Hall–Kier alpha value is -2.48. The standard InChI is InChI=1S/C21H22N4O2S/c26-19(17-7-3-1-4-8-17)16-28-21-23-22-20(15-24-11-13-27-14-12-24)25(21)18-9-5-2-6-10-18/h1-10H,11-16H2. The summed E-state index contributed by atoms with van der Waals surface area (Å²) >= 11 is 1.42. The molecule has 1 saturated heterocycles. The molecule has 0 radical (unpaired) electrons. The molecule has 1 aromatic heterocycles. The van der Waals surface area contributed by atoms with Gasteiger partial charge in [0.25, 0.3) is 0 Å². The summed E-state index contributed by atoms with van der Waals surface area (Å²) in [5, 5.41) is 9.56. The van der Waals surface area contributed by atoms with Gasteiger partial charge in [0, 0.05) is 24.3 Å². The van der Waals surface area contributed by atoms with Gasteiger partial charge in [0.15, 0.2) is 16.8 Å². The van der Waals surface area contributed by atoms with E-state index >= 15 is 0 Å². The van der Waals surface area contributed by atoms with Gasteiger partial charge < -0.3 is 4.74 Å². The van der Waals surface area contributed by atoms with Crippen LogP contribution in [0.5, 0.6) is 0 Å². The van der Waals surface area contributed by atoms with Crippen LogP contribution in [0, 0.1) is 0 Å². The summed E-state index contributed by atoms with van der Waals surface area (Å²) in [4.78, 5) is 14.8. The maximum absolute atomic E-state index is 12.5. The highest BCUT2D eigenvalue weighted by Gasteiger charge is 2.19. The number of hydrogen-bond donors (Lipinski definition) is 0. The Kier molecular flexibility index (Phi) is 6.16. The summed E-state index contributed by atoms with van der Waals surface area (Å²) in [7, 11) is 0. The number of morpholine rings is 1. The molecule has 0 atom stereocenters. The molecule has 0 spiro atoms. The summed E-state index contributed by atoms with van der Waals surface area (Å²) in [6.45, 7) is 3.96. The number of thioether (sulfide) groups is 1. The Bertz CT molecular complexity index is 909. The lowest BCUT2D eigenvalue weighted by Gasteiger charge is -2.26. The number of aromatic nitrogens is 3. The van der Waals surface area contributed by atoms with Crippen LogP contribution in [-0.2, 0) is 11.3 Å². The van der Waals surface area contributed by atoms with Crippen molar-refractivity contribution in [2.24, 2.45) is 0 Å². The third kappa shape index (κ3) is 4.49. The van der Waals surface area contributed by atoms with Gasteiger partial charge in [-0.05, 0) is 12.1 Å². The molecule has 1 aliphatic rings. The second-order valence-corrected chi connectivity index (χ2v) is 7.48. The summed E-state index contributed by atoms with van der Waals surface area (Å²) in [6.07, 6.45) is 0. The second-order valence-electron chi connectivity index (χ2n) is 6.54. The van der Waals surface area contributed by atoms with Crippen molar-refractivity contribution in [2.45, 2.75) is 11.7 Å². The predicted molar refractivity (Wildman–Crippen MR) is 109 cm³/mol. The number of nitrogens with zero attached hydrogens (tertiary/aromatic N) is 4. The lowest BCUT2D eigenvalue weighted by molar-refractivity contribution is 0.0328. The molecular formula is C21H22N4O2S. The zero-order valence-electron chi connectivity index (χ0n) is 15.5. The molecule has 28 heavy (non-hydrogen) atoms. The van der Waals surface area contributed by atoms with Gasteiger partial charge in [-0.3, -0.25) is 14.3 Å². The molecule has 4 rings (SSSR count). The van der Waals surface area contributed by atoms with Crippen molar-refractivity contribution < 1.29 is 9.53 Å². The van der Waals surface area contributed by atoms with E-state index in [1.54, 1.807) is 0 Å². The van der Waals surface area contributed by atoms with E-state index < -0.39 is 0 Å². The minimum atomic E-state index is 0.0861. The fourth-order valence-electron chi connectivity index (χ4n) is 3.13. The highest BCUT2D eigenvalue weighted by molar-refractivity contribution is 7.99. The van der Waals surface area contributed by atoms with Crippen LogP contribution in [0.3, 0.4) is 0 Å². The smallest absolute Gasteiger partial charge is 0.196 e. The van der Waals surface area contributed by atoms with Crippen LogP contribution in [0.1, 0.15) is 16.2 Å². The van der Waals surface area contributed by atoms with E-state index in [4.69, 9.17) is 4.74 Å². The molecule has 0 aliphatic carbocycles. The van der Waals surface area contributed by atoms with Crippen LogP contribution in [0.25, 0.3) is 5.69 Å². The fourth-order valence-corrected chi connectivity index (χ4v) is 3.99. The minimum Gasteiger partial charge on any atom is -0.379 e. The molecule has 144 valence electrons. The first-order valence-corrected chi connectivity index (χ1v) is 10.3. The van der Waals surface area contributed by atoms with Gasteiger partial charge in [-0.25, -0.2) is 0 Å². The van der Waals surface area contributed by atoms with Gasteiger partial charge in [0.1, 0.15) is 0 Å². The minimum absolute atomic E-state index is 0.0861. The van der Waals surface area contributed by atoms with Crippen LogP contribution in [0.15, 0.2) is 65.8 Å². The molecule has 1 fully saturated rings. The molecule has 7 heteroatoms. The molecule has 0 amide bonds. The maximum atomic E-state index is 12.5. The van der Waals surface area contributed by atoms with Gasteiger partial charge in [0.05, 0.1) is 25.5 Å². The summed E-state index contributed by atoms with van der Waals surface area (Å²) < 4.78 is 7.49.